The Morgan fingerprint density at radius 3 is 1.96 bits per heavy atom. The van der Waals surface area contributed by atoms with E-state index in [2.05, 4.69) is 45.7 Å². The Balaban J connectivity index is 0.000000233. The van der Waals surface area contributed by atoms with Crippen LogP contribution in [0.1, 0.15) is 34.6 Å². The molecule has 0 saturated heterocycles. The van der Waals surface area contributed by atoms with Gasteiger partial charge < -0.3 is 5.11 Å². The number of halogens is 2. The van der Waals surface area contributed by atoms with E-state index in [9.17, 15) is 5.11 Å². The van der Waals surface area contributed by atoms with E-state index in [1.807, 2.05) is 30.3 Å². The van der Waals surface area contributed by atoms with Crippen LogP contribution in [0.5, 0.6) is 5.75 Å². The summed E-state index contributed by atoms with van der Waals surface area (Å²) in [5.41, 5.74) is 5.95. The van der Waals surface area contributed by atoms with Crippen LogP contribution in [0, 0.1) is 11.5 Å². The minimum absolute atomic E-state index is 0.189. The Morgan fingerprint density at radius 2 is 1.58 bits per heavy atom. The zero-order valence-electron chi connectivity index (χ0n) is 15.8. The summed E-state index contributed by atoms with van der Waals surface area (Å²) >= 11 is -0.556. The molecule has 0 unspecified atom stereocenters. The van der Waals surface area contributed by atoms with E-state index >= 15 is 0 Å². The quantitative estimate of drug-likeness (QED) is 0.397. The van der Waals surface area contributed by atoms with Crippen LogP contribution in [0.15, 0.2) is 65.4 Å². The van der Waals surface area contributed by atoms with Crippen LogP contribution in [-0.2, 0) is 17.0 Å². The number of phenols is 1. The zero-order valence-corrected chi connectivity index (χ0v) is 18.8. The Morgan fingerprint density at radius 1 is 1.00 bits per heavy atom. The van der Waals surface area contributed by atoms with Gasteiger partial charge in [0.15, 0.2) is 0 Å². The van der Waals surface area contributed by atoms with Crippen molar-refractivity contribution in [2.45, 2.75) is 34.6 Å². The van der Waals surface area contributed by atoms with Gasteiger partial charge in [-0.15, -0.1) is 6.92 Å². The monoisotopic (exact) mass is 424 g/mol. The normalized spacial score (nSPS) is 14.5. The second-order valence-corrected chi connectivity index (χ2v) is 9.01. The number of para-hydroxylation sites is 1. The van der Waals surface area contributed by atoms with Crippen molar-refractivity contribution >= 4 is 18.6 Å². The van der Waals surface area contributed by atoms with Crippen LogP contribution >= 0.6 is 18.6 Å². The molecule has 0 amide bonds. The summed E-state index contributed by atoms with van der Waals surface area (Å²) in [6.45, 7) is 10.9. The van der Waals surface area contributed by atoms with E-state index in [1.54, 1.807) is 18.3 Å². The van der Waals surface area contributed by atoms with Crippen molar-refractivity contribution in [1.82, 2.24) is 4.98 Å². The molecular weight excluding hydrogens is 401 g/mol. The van der Waals surface area contributed by atoms with Gasteiger partial charge in [0.25, 0.3) is 0 Å². The second-order valence-electron chi connectivity index (χ2n) is 6.43. The van der Waals surface area contributed by atoms with Gasteiger partial charge in [-0.1, -0.05) is 51.3 Å². The third-order valence-corrected chi connectivity index (χ3v) is 4.41. The van der Waals surface area contributed by atoms with Crippen molar-refractivity contribution in [2.75, 3.05) is 0 Å². The van der Waals surface area contributed by atoms with Crippen LogP contribution < -0.4 is 0 Å². The fourth-order valence-electron chi connectivity index (χ4n) is 2.62. The molecule has 1 aliphatic carbocycles. The maximum atomic E-state index is 9.52. The van der Waals surface area contributed by atoms with Gasteiger partial charge in [0, 0.05) is 11.8 Å². The van der Waals surface area contributed by atoms with Crippen molar-refractivity contribution in [1.29, 1.82) is 0 Å². The molecule has 3 rings (SSSR count). The van der Waals surface area contributed by atoms with Gasteiger partial charge in [-0.2, -0.15) is 11.1 Å². The number of benzene rings is 1. The molecule has 5 heteroatoms. The molecule has 0 saturated carbocycles. The molecule has 138 valence electrons. The SMILES string of the molecule is CC1=[C-]C(C)(C)C(C)=C1C.Oc1ccccc1-c1ccccn1.[Cl][Ti][Cl]. The first-order valence-corrected chi connectivity index (χ1v) is 12.5. The average molecular weight is 425 g/mol. The van der Waals surface area contributed by atoms with Gasteiger partial charge in [0.2, 0.25) is 0 Å². The Kier molecular flexibility index (Phi) is 9.67. The molecular formula is C21H24Cl2NOTi-. The first-order valence-electron chi connectivity index (χ1n) is 8.20. The number of hydrogen-bond acceptors (Lipinski definition) is 2. The van der Waals surface area contributed by atoms with Crippen LogP contribution in [-0.4, -0.2) is 10.1 Å². The van der Waals surface area contributed by atoms with Crippen LogP contribution in [0.3, 0.4) is 0 Å². The molecule has 0 fully saturated rings. The average Bonchev–Trinajstić information content (AvgIpc) is 2.79. The number of hydrogen-bond donors (Lipinski definition) is 1. The van der Waals surface area contributed by atoms with Crippen LogP contribution in [0.25, 0.3) is 11.3 Å². The van der Waals surface area contributed by atoms with Crippen LogP contribution in [0.2, 0.25) is 0 Å². The van der Waals surface area contributed by atoms with Crippen molar-refractivity contribution < 1.29 is 22.1 Å². The van der Waals surface area contributed by atoms with E-state index in [1.165, 1.54) is 16.7 Å². The number of pyridine rings is 1. The van der Waals surface area contributed by atoms with Crippen molar-refractivity contribution in [3.63, 3.8) is 0 Å². The number of nitrogens with zero attached hydrogens (tertiary/aromatic N) is 1. The third kappa shape index (κ3) is 6.59. The number of phenolic OH excluding ortho intramolecular Hbond substituents is 1. The van der Waals surface area contributed by atoms with Gasteiger partial charge in [-0.05, 0) is 24.3 Å². The molecule has 2 aromatic rings. The van der Waals surface area contributed by atoms with Crippen LogP contribution in [0.4, 0.5) is 0 Å². The molecule has 1 heterocycles. The molecule has 1 aliphatic rings. The van der Waals surface area contributed by atoms with Gasteiger partial charge >= 0.3 is 35.6 Å². The minimum atomic E-state index is -0.556. The van der Waals surface area contributed by atoms with Gasteiger partial charge in [0.1, 0.15) is 5.75 Å². The molecule has 1 N–H and O–H groups in total. The molecule has 1 aromatic heterocycles. The summed E-state index contributed by atoms with van der Waals surface area (Å²) in [5, 5.41) is 9.52. The summed E-state index contributed by atoms with van der Waals surface area (Å²) in [7, 11) is 9.78. The summed E-state index contributed by atoms with van der Waals surface area (Å²) in [6.07, 6.45) is 5.15. The first-order chi connectivity index (χ1) is 12.2. The van der Waals surface area contributed by atoms with Crippen molar-refractivity contribution in [3.05, 3.63) is 71.5 Å². The molecule has 0 aliphatic heterocycles. The Labute approximate surface area is 173 Å². The summed E-state index contributed by atoms with van der Waals surface area (Å²) in [6, 6.07) is 12.8. The van der Waals surface area contributed by atoms with Crippen molar-refractivity contribution in [3.8, 4) is 17.0 Å². The topological polar surface area (TPSA) is 33.1 Å². The predicted molar refractivity (Wildman–Crippen MR) is 108 cm³/mol. The number of allylic oxidation sites excluding steroid dienone is 4. The fourth-order valence-corrected chi connectivity index (χ4v) is 2.62. The molecule has 1 aromatic carbocycles. The molecule has 26 heavy (non-hydrogen) atoms. The maximum absolute atomic E-state index is 9.52. The molecule has 0 radical (unpaired) electrons. The molecule has 0 atom stereocenters. The van der Waals surface area contributed by atoms with E-state index in [-0.39, 0.29) is 11.2 Å². The van der Waals surface area contributed by atoms with Crippen molar-refractivity contribution in [2.24, 2.45) is 5.41 Å². The molecule has 2 nitrogen and oxygen atoms in total. The zero-order chi connectivity index (χ0) is 19.7. The molecule has 0 spiro atoms. The van der Waals surface area contributed by atoms with E-state index in [4.69, 9.17) is 18.6 Å². The second kappa shape index (κ2) is 10.9. The van der Waals surface area contributed by atoms with E-state index in [0.29, 0.717) is 0 Å². The Bertz CT molecular complexity index is 771. The first kappa shape index (κ1) is 23.0. The predicted octanol–water partition coefficient (Wildman–Crippen LogP) is 6.94. The van der Waals surface area contributed by atoms with Gasteiger partial charge in [-0.3, -0.25) is 11.1 Å². The van der Waals surface area contributed by atoms with E-state index < -0.39 is 17.0 Å². The van der Waals surface area contributed by atoms with E-state index in [0.717, 1.165) is 11.3 Å². The number of aromatic nitrogens is 1. The number of aromatic hydroxyl groups is 1. The standard InChI is InChI=1S/C11H9NO.C10H15.2ClH.Ti/c13-11-7-2-1-5-9(11)10-6-3-4-8-12-10;1-7-6-10(4,5)9(3)8(7)2;;;/h1-8,13H;1-5H3;2*1H;/q;-1;;;+2/p-2. The summed E-state index contributed by atoms with van der Waals surface area (Å²) in [4.78, 5) is 4.15. The third-order valence-electron chi connectivity index (χ3n) is 4.41. The van der Waals surface area contributed by atoms with Gasteiger partial charge in [-0.25, -0.2) is 5.57 Å². The summed E-state index contributed by atoms with van der Waals surface area (Å²) < 4.78 is 0. The number of rotatable bonds is 1. The summed E-state index contributed by atoms with van der Waals surface area (Å²) in [5.74, 6) is 0.265. The van der Waals surface area contributed by atoms with Gasteiger partial charge in [0.05, 0.1) is 5.69 Å². The Hall–Kier alpha value is -1.06. The fraction of sp³-hybridized carbons (Fsp3) is 0.286. The molecule has 0 bridgehead atoms.